The Bertz CT molecular complexity index is 674. The fraction of sp³-hybridized carbons (Fsp3) is 0.375. The monoisotopic (exact) mass is 285 g/mol. The molecule has 0 radical (unpaired) electrons. The standard InChI is InChI=1S/C16H19N3O2/c1-10-3-6-13(20)12(9-10)16(21)18-14(11-4-5-11)15-17-7-8-19(15)2/h3,6-9,11,14,20H,4-5H2,1-2H3,(H,18,21). The maximum absolute atomic E-state index is 12.5. The van der Waals surface area contributed by atoms with Crippen molar-refractivity contribution < 1.29 is 9.90 Å². The molecule has 1 saturated carbocycles. The van der Waals surface area contributed by atoms with Gasteiger partial charge in [0, 0.05) is 19.4 Å². The van der Waals surface area contributed by atoms with Gasteiger partial charge in [0.1, 0.15) is 11.6 Å². The van der Waals surface area contributed by atoms with Gasteiger partial charge in [-0.3, -0.25) is 4.79 Å². The minimum atomic E-state index is -0.254. The molecule has 0 bridgehead atoms. The molecule has 1 aliphatic rings. The zero-order valence-electron chi connectivity index (χ0n) is 12.2. The summed E-state index contributed by atoms with van der Waals surface area (Å²) in [6.45, 7) is 1.90. The lowest BCUT2D eigenvalue weighted by Crippen LogP contribution is -2.31. The molecule has 1 aliphatic carbocycles. The highest BCUT2D eigenvalue weighted by Gasteiger charge is 2.36. The predicted molar refractivity (Wildman–Crippen MR) is 79.0 cm³/mol. The molecule has 1 aromatic heterocycles. The van der Waals surface area contributed by atoms with Crippen LogP contribution in [-0.2, 0) is 7.05 Å². The summed E-state index contributed by atoms with van der Waals surface area (Å²) < 4.78 is 1.93. The minimum Gasteiger partial charge on any atom is -0.507 e. The maximum atomic E-state index is 12.5. The van der Waals surface area contributed by atoms with Crippen LogP contribution < -0.4 is 5.32 Å². The zero-order valence-corrected chi connectivity index (χ0v) is 12.2. The molecular weight excluding hydrogens is 266 g/mol. The van der Waals surface area contributed by atoms with Gasteiger partial charge < -0.3 is 15.0 Å². The number of aryl methyl sites for hydroxylation is 2. The first-order valence-corrected chi connectivity index (χ1v) is 7.14. The van der Waals surface area contributed by atoms with Gasteiger partial charge in [-0.05, 0) is 37.8 Å². The maximum Gasteiger partial charge on any atom is 0.255 e. The largest absolute Gasteiger partial charge is 0.507 e. The summed E-state index contributed by atoms with van der Waals surface area (Å²) in [5.74, 6) is 1.04. The van der Waals surface area contributed by atoms with Crippen LogP contribution in [0.3, 0.4) is 0 Å². The molecule has 21 heavy (non-hydrogen) atoms. The molecule has 3 rings (SSSR count). The Morgan fingerprint density at radius 2 is 2.24 bits per heavy atom. The van der Waals surface area contributed by atoms with E-state index < -0.39 is 0 Å². The average molecular weight is 285 g/mol. The first-order valence-electron chi connectivity index (χ1n) is 7.14. The summed E-state index contributed by atoms with van der Waals surface area (Å²) in [7, 11) is 1.92. The van der Waals surface area contributed by atoms with Gasteiger partial charge in [0.05, 0.1) is 11.6 Å². The van der Waals surface area contributed by atoms with Crippen molar-refractivity contribution >= 4 is 5.91 Å². The first-order chi connectivity index (χ1) is 10.1. The Hall–Kier alpha value is -2.30. The molecule has 1 amide bonds. The van der Waals surface area contributed by atoms with E-state index in [-0.39, 0.29) is 17.7 Å². The number of nitrogens with zero attached hydrogens (tertiary/aromatic N) is 2. The zero-order chi connectivity index (χ0) is 15.0. The van der Waals surface area contributed by atoms with Crippen LogP contribution >= 0.6 is 0 Å². The fourth-order valence-electron chi connectivity index (χ4n) is 2.55. The second-order valence-electron chi connectivity index (χ2n) is 5.71. The fourth-order valence-corrected chi connectivity index (χ4v) is 2.55. The van der Waals surface area contributed by atoms with Crippen LogP contribution in [0.4, 0.5) is 0 Å². The third-order valence-electron chi connectivity index (χ3n) is 3.91. The van der Waals surface area contributed by atoms with Crippen LogP contribution in [0.15, 0.2) is 30.6 Å². The predicted octanol–water partition coefficient (Wildman–Crippen LogP) is 2.32. The lowest BCUT2D eigenvalue weighted by molar-refractivity contribution is 0.0926. The topological polar surface area (TPSA) is 67.2 Å². The lowest BCUT2D eigenvalue weighted by atomic mass is 10.1. The number of rotatable bonds is 4. The number of nitrogens with one attached hydrogen (secondary N) is 1. The molecule has 1 aromatic carbocycles. The highest BCUT2D eigenvalue weighted by atomic mass is 16.3. The lowest BCUT2D eigenvalue weighted by Gasteiger charge is -2.18. The van der Waals surface area contributed by atoms with Crippen molar-refractivity contribution in [2.24, 2.45) is 13.0 Å². The van der Waals surface area contributed by atoms with Crippen molar-refractivity contribution in [2.45, 2.75) is 25.8 Å². The van der Waals surface area contributed by atoms with E-state index in [1.54, 1.807) is 24.4 Å². The van der Waals surface area contributed by atoms with Gasteiger partial charge >= 0.3 is 0 Å². The molecule has 2 aromatic rings. The second-order valence-corrected chi connectivity index (χ2v) is 5.71. The Kier molecular flexibility index (Phi) is 3.41. The molecule has 1 heterocycles. The summed E-state index contributed by atoms with van der Waals surface area (Å²) >= 11 is 0. The van der Waals surface area contributed by atoms with Crippen molar-refractivity contribution in [3.05, 3.63) is 47.5 Å². The van der Waals surface area contributed by atoms with E-state index in [0.717, 1.165) is 24.2 Å². The van der Waals surface area contributed by atoms with E-state index in [0.29, 0.717) is 11.5 Å². The van der Waals surface area contributed by atoms with Crippen LogP contribution in [0.25, 0.3) is 0 Å². The van der Waals surface area contributed by atoms with Gasteiger partial charge in [-0.1, -0.05) is 11.6 Å². The Labute approximate surface area is 123 Å². The second kappa shape index (κ2) is 5.24. The van der Waals surface area contributed by atoms with Crippen molar-refractivity contribution in [3.63, 3.8) is 0 Å². The number of phenols is 1. The van der Waals surface area contributed by atoms with Gasteiger partial charge in [0.25, 0.3) is 5.91 Å². The number of aromatic nitrogens is 2. The quantitative estimate of drug-likeness (QED) is 0.906. The molecule has 0 aliphatic heterocycles. The highest BCUT2D eigenvalue weighted by molar-refractivity contribution is 5.97. The van der Waals surface area contributed by atoms with E-state index in [9.17, 15) is 9.90 Å². The molecule has 1 atom stereocenters. The number of carbonyl (C=O) groups is 1. The highest BCUT2D eigenvalue weighted by Crippen LogP contribution is 2.40. The smallest absolute Gasteiger partial charge is 0.255 e. The molecule has 2 N–H and O–H groups in total. The summed E-state index contributed by atoms with van der Waals surface area (Å²) in [6.07, 6.45) is 5.80. The normalized spacial score (nSPS) is 15.7. The van der Waals surface area contributed by atoms with Crippen LogP contribution in [0.1, 0.15) is 40.6 Å². The molecule has 0 spiro atoms. The number of aromatic hydroxyl groups is 1. The number of imidazole rings is 1. The molecule has 1 fully saturated rings. The van der Waals surface area contributed by atoms with E-state index >= 15 is 0 Å². The Morgan fingerprint density at radius 1 is 1.48 bits per heavy atom. The molecular formula is C16H19N3O2. The molecule has 1 unspecified atom stereocenters. The van der Waals surface area contributed by atoms with Gasteiger partial charge in [-0.25, -0.2) is 4.98 Å². The number of phenolic OH excluding ortho intramolecular Hbond substituents is 1. The van der Waals surface area contributed by atoms with Crippen LogP contribution in [0.2, 0.25) is 0 Å². The number of amides is 1. The van der Waals surface area contributed by atoms with Crippen molar-refractivity contribution in [1.82, 2.24) is 14.9 Å². The van der Waals surface area contributed by atoms with Crippen molar-refractivity contribution in [2.75, 3.05) is 0 Å². The van der Waals surface area contributed by atoms with E-state index in [1.165, 1.54) is 0 Å². The Morgan fingerprint density at radius 3 is 2.86 bits per heavy atom. The summed E-state index contributed by atoms with van der Waals surface area (Å²) in [4.78, 5) is 16.8. The molecule has 5 nitrogen and oxygen atoms in total. The third kappa shape index (κ3) is 2.77. The van der Waals surface area contributed by atoms with Gasteiger partial charge in [-0.2, -0.15) is 0 Å². The van der Waals surface area contributed by atoms with Crippen LogP contribution in [-0.4, -0.2) is 20.6 Å². The molecule has 5 heteroatoms. The van der Waals surface area contributed by atoms with Gasteiger partial charge in [0.2, 0.25) is 0 Å². The number of hydrogen-bond acceptors (Lipinski definition) is 3. The van der Waals surface area contributed by atoms with E-state index in [2.05, 4.69) is 10.3 Å². The third-order valence-corrected chi connectivity index (χ3v) is 3.91. The van der Waals surface area contributed by atoms with Gasteiger partial charge in [0.15, 0.2) is 0 Å². The molecule has 110 valence electrons. The van der Waals surface area contributed by atoms with E-state index in [1.807, 2.05) is 24.7 Å². The SMILES string of the molecule is Cc1ccc(O)c(C(=O)NC(c2nccn2C)C2CC2)c1. The summed E-state index contributed by atoms with van der Waals surface area (Å²) in [5, 5.41) is 12.9. The first kappa shape index (κ1) is 13.7. The minimum absolute atomic E-state index is 0.00693. The van der Waals surface area contributed by atoms with E-state index in [4.69, 9.17) is 0 Å². The molecule has 0 saturated heterocycles. The summed E-state index contributed by atoms with van der Waals surface area (Å²) in [5.41, 5.74) is 1.26. The Balaban J connectivity index is 1.85. The van der Waals surface area contributed by atoms with Crippen LogP contribution in [0.5, 0.6) is 5.75 Å². The van der Waals surface area contributed by atoms with Crippen LogP contribution in [0, 0.1) is 12.8 Å². The number of carbonyl (C=O) groups excluding carboxylic acids is 1. The van der Waals surface area contributed by atoms with Crippen molar-refractivity contribution in [3.8, 4) is 5.75 Å². The van der Waals surface area contributed by atoms with Crippen molar-refractivity contribution in [1.29, 1.82) is 0 Å². The average Bonchev–Trinajstić information content (AvgIpc) is 3.21. The van der Waals surface area contributed by atoms with Gasteiger partial charge in [-0.15, -0.1) is 0 Å². The number of benzene rings is 1. The summed E-state index contributed by atoms with van der Waals surface area (Å²) in [6, 6.07) is 4.94. The number of hydrogen-bond donors (Lipinski definition) is 2.